The van der Waals surface area contributed by atoms with Gasteiger partial charge in [0.25, 0.3) is 0 Å². The van der Waals surface area contributed by atoms with Crippen molar-refractivity contribution in [2.24, 2.45) is 0 Å². The number of halogens is 2. The summed E-state index contributed by atoms with van der Waals surface area (Å²) in [4.78, 5) is 0. The van der Waals surface area contributed by atoms with Gasteiger partial charge in [0.1, 0.15) is 11.5 Å². The Balaban J connectivity index is 2.08. The van der Waals surface area contributed by atoms with E-state index in [9.17, 15) is 9.50 Å². The first-order valence-electron chi connectivity index (χ1n) is 6.21. The molecule has 0 radical (unpaired) electrons. The molecule has 1 N–H and O–H groups in total. The van der Waals surface area contributed by atoms with Gasteiger partial charge >= 0.3 is 0 Å². The van der Waals surface area contributed by atoms with Crippen LogP contribution in [0.5, 0.6) is 0 Å². The van der Waals surface area contributed by atoms with Gasteiger partial charge in [-0.1, -0.05) is 23.2 Å². The smallest absolute Gasteiger partial charge is 0.141 e. The summed E-state index contributed by atoms with van der Waals surface area (Å²) in [6, 6.07) is 4.44. The van der Waals surface area contributed by atoms with E-state index >= 15 is 0 Å². The Hall–Kier alpha value is -1.46. The zero-order chi connectivity index (χ0) is 13.4. The predicted molar refractivity (Wildman–Crippen MR) is 68.8 cm³/mol. The number of aromatic nitrogens is 3. The Morgan fingerprint density at radius 3 is 2.79 bits per heavy atom. The molecule has 0 saturated heterocycles. The summed E-state index contributed by atoms with van der Waals surface area (Å²) in [7, 11) is 0. The fourth-order valence-corrected chi connectivity index (χ4v) is 2.51. The molecule has 1 fully saturated rings. The maximum atomic E-state index is 13.2. The van der Waals surface area contributed by atoms with E-state index in [-0.39, 0.29) is 11.6 Å². The van der Waals surface area contributed by atoms with Crippen LogP contribution in [0, 0.1) is 5.82 Å². The SMILES string of the molecule is OCc1nnn(-c2ccc(F)c(Cl)c2)c1C1CCC1. The molecule has 1 aliphatic rings. The molecule has 0 aliphatic heterocycles. The van der Waals surface area contributed by atoms with Gasteiger partial charge in [-0.2, -0.15) is 0 Å². The minimum atomic E-state index is -0.460. The monoisotopic (exact) mass is 281 g/mol. The van der Waals surface area contributed by atoms with Gasteiger partial charge in [-0.25, -0.2) is 9.07 Å². The summed E-state index contributed by atoms with van der Waals surface area (Å²) >= 11 is 5.80. The van der Waals surface area contributed by atoms with Crippen molar-refractivity contribution in [3.05, 3.63) is 40.4 Å². The van der Waals surface area contributed by atoms with Crippen LogP contribution < -0.4 is 0 Å². The van der Waals surface area contributed by atoms with Crippen molar-refractivity contribution in [1.82, 2.24) is 15.0 Å². The third-order valence-electron chi connectivity index (χ3n) is 3.57. The van der Waals surface area contributed by atoms with Crippen LogP contribution in [0.25, 0.3) is 5.69 Å². The zero-order valence-corrected chi connectivity index (χ0v) is 10.9. The molecule has 0 bridgehead atoms. The van der Waals surface area contributed by atoms with E-state index < -0.39 is 5.82 Å². The standard InChI is InChI=1S/C13H13ClFN3O/c14-10-6-9(4-5-11(10)15)18-13(8-2-1-3-8)12(7-19)16-17-18/h4-6,8,19H,1-3,7H2. The fourth-order valence-electron chi connectivity index (χ4n) is 2.33. The predicted octanol–water partition coefficient (Wildman–Crippen LogP) is 2.82. The average Bonchev–Trinajstić information content (AvgIpc) is 2.74. The Kier molecular flexibility index (Phi) is 3.24. The van der Waals surface area contributed by atoms with Gasteiger partial charge < -0.3 is 5.11 Å². The molecule has 0 atom stereocenters. The molecule has 1 heterocycles. The van der Waals surface area contributed by atoms with E-state index in [4.69, 9.17) is 11.6 Å². The molecule has 0 amide bonds. The highest BCUT2D eigenvalue weighted by Gasteiger charge is 2.28. The molecule has 1 saturated carbocycles. The van der Waals surface area contributed by atoms with Gasteiger partial charge in [0.05, 0.1) is 23.0 Å². The van der Waals surface area contributed by atoms with Gasteiger partial charge in [-0.15, -0.1) is 5.10 Å². The van der Waals surface area contributed by atoms with Crippen LogP contribution in [-0.4, -0.2) is 20.1 Å². The van der Waals surface area contributed by atoms with Gasteiger partial charge in [0.15, 0.2) is 0 Å². The quantitative estimate of drug-likeness (QED) is 0.941. The van der Waals surface area contributed by atoms with Crippen LogP contribution >= 0.6 is 11.6 Å². The Bertz CT molecular complexity index is 610. The van der Waals surface area contributed by atoms with Crippen molar-refractivity contribution in [2.45, 2.75) is 31.8 Å². The van der Waals surface area contributed by atoms with Crippen molar-refractivity contribution >= 4 is 11.6 Å². The topological polar surface area (TPSA) is 50.9 Å². The van der Waals surface area contributed by atoms with Crippen molar-refractivity contribution in [1.29, 1.82) is 0 Å². The zero-order valence-electron chi connectivity index (χ0n) is 10.2. The van der Waals surface area contributed by atoms with Crippen LogP contribution in [0.4, 0.5) is 4.39 Å². The molecule has 3 rings (SSSR count). The number of nitrogens with zero attached hydrogens (tertiary/aromatic N) is 3. The molecular weight excluding hydrogens is 269 g/mol. The minimum absolute atomic E-state index is 0.0538. The molecule has 100 valence electrons. The first kappa shape index (κ1) is 12.6. The highest BCUT2D eigenvalue weighted by atomic mass is 35.5. The lowest BCUT2D eigenvalue weighted by Crippen LogP contribution is -2.16. The molecule has 2 aromatic rings. The number of aliphatic hydroxyl groups excluding tert-OH is 1. The molecule has 1 aromatic carbocycles. The van der Waals surface area contributed by atoms with Crippen molar-refractivity contribution in [3.8, 4) is 5.69 Å². The van der Waals surface area contributed by atoms with Crippen molar-refractivity contribution in [3.63, 3.8) is 0 Å². The van der Waals surface area contributed by atoms with E-state index in [0.29, 0.717) is 17.3 Å². The highest BCUT2D eigenvalue weighted by molar-refractivity contribution is 6.30. The summed E-state index contributed by atoms with van der Waals surface area (Å²) in [6.07, 6.45) is 3.30. The minimum Gasteiger partial charge on any atom is -0.390 e. The summed E-state index contributed by atoms with van der Waals surface area (Å²) in [5.41, 5.74) is 2.17. The van der Waals surface area contributed by atoms with E-state index in [1.54, 1.807) is 10.7 Å². The second-order valence-electron chi connectivity index (χ2n) is 4.72. The van der Waals surface area contributed by atoms with Gasteiger partial charge in [-0.3, -0.25) is 0 Å². The molecule has 19 heavy (non-hydrogen) atoms. The van der Waals surface area contributed by atoms with Gasteiger partial charge in [0.2, 0.25) is 0 Å². The second-order valence-corrected chi connectivity index (χ2v) is 5.12. The van der Waals surface area contributed by atoms with Crippen molar-refractivity contribution < 1.29 is 9.50 Å². The Labute approximate surface area is 114 Å². The van der Waals surface area contributed by atoms with Crippen molar-refractivity contribution in [2.75, 3.05) is 0 Å². The fraction of sp³-hybridized carbons (Fsp3) is 0.385. The maximum Gasteiger partial charge on any atom is 0.141 e. The van der Waals surface area contributed by atoms with E-state index in [1.165, 1.54) is 18.6 Å². The van der Waals surface area contributed by atoms with E-state index in [2.05, 4.69) is 10.3 Å². The van der Waals surface area contributed by atoms with Crippen LogP contribution in [-0.2, 0) is 6.61 Å². The van der Waals surface area contributed by atoms with Crippen LogP contribution in [0.1, 0.15) is 36.6 Å². The molecule has 0 unspecified atom stereocenters. The molecular formula is C13H13ClFN3O. The molecule has 1 aliphatic carbocycles. The number of hydrogen-bond donors (Lipinski definition) is 1. The Morgan fingerprint density at radius 1 is 1.42 bits per heavy atom. The van der Waals surface area contributed by atoms with E-state index in [1.807, 2.05) is 0 Å². The average molecular weight is 282 g/mol. The summed E-state index contributed by atoms with van der Waals surface area (Å²) in [5, 5.41) is 17.4. The van der Waals surface area contributed by atoms with Crippen LogP contribution in [0.3, 0.4) is 0 Å². The maximum absolute atomic E-state index is 13.2. The molecule has 6 heteroatoms. The molecule has 1 aromatic heterocycles. The number of aliphatic hydroxyl groups is 1. The highest BCUT2D eigenvalue weighted by Crippen LogP contribution is 2.38. The first-order chi connectivity index (χ1) is 9.20. The normalized spacial score (nSPS) is 15.5. The van der Waals surface area contributed by atoms with Crippen LogP contribution in [0.15, 0.2) is 18.2 Å². The van der Waals surface area contributed by atoms with Gasteiger partial charge in [-0.05, 0) is 31.0 Å². The molecule has 4 nitrogen and oxygen atoms in total. The second kappa shape index (κ2) is 4.90. The molecule has 0 spiro atoms. The number of rotatable bonds is 3. The Morgan fingerprint density at radius 2 is 2.21 bits per heavy atom. The summed E-state index contributed by atoms with van der Waals surface area (Å²) in [5.74, 6) is -0.0981. The summed E-state index contributed by atoms with van der Waals surface area (Å²) < 4.78 is 14.9. The third kappa shape index (κ3) is 2.13. The number of hydrogen-bond acceptors (Lipinski definition) is 3. The third-order valence-corrected chi connectivity index (χ3v) is 3.86. The lowest BCUT2D eigenvalue weighted by molar-refractivity contribution is 0.272. The lowest BCUT2D eigenvalue weighted by Gasteiger charge is -2.26. The first-order valence-corrected chi connectivity index (χ1v) is 6.59. The van der Waals surface area contributed by atoms with Crippen LogP contribution in [0.2, 0.25) is 5.02 Å². The van der Waals surface area contributed by atoms with E-state index in [0.717, 1.165) is 18.5 Å². The summed E-state index contributed by atoms with van der Waals surface area (Å²) in [6.45, 7) is -0.138. The number of benzene rings is 1. The lowest BCUT2D eigenvalue weighted by atomic mass is 9.82. The van der Waals surface area contributed by atoms with Gasteiger partial charge in [0, 0.05) is 5.92 Å². The largest absolute Gasteiger partial charge is 0.390 e.